The molecule has 2 rings (SSSR count). The molecule has 0 saturated carbocycles. The van der Waals surface area contributed by atoms with E-state index in [-0.39, 0.29) is 18.9 Å². The van der Waals surface area contributed by atoms with Crippen molar-refractivity contribution in [2.45, 2.75) is 25.8 Å². The lowest BCUT2D eigenvalue weighted by Crippen LogP contribution is -2.50. The van der Waals surface area contributed by atoms with Gasteiger partial charge in [0.05, 0.1) is 24.3 Å². The van der Waals surface area contributed by atoms with E-state index in [1.165, 1.54) is 7.11 Å². The molecule has 0 spiro atoms. The van der Waals surface area contributed by atoms with Gasteiger partial charge in [0.15, 0.2) is 0 Å². The predicted molar refractivity (Wildman–Crippen MR) is 94.4 cm³/mol. The minimum atomic E-state index is -1.00. The maximum absolute atomic E-state index is 12.7. The van der Waals surface area contributed by atoms with E-state index < -0.39 is 11.5 Å². The number of carboxylic acids is 1. The number of carbonyl (C=O) groups excluding carboxylic acids is 1. The Morgan fingerprint density at radius 3 is 2.60 bits per heavy atom. The first-order chi connectivity index (χ1) is 11.9. The van der Waals surface area contributed by atoms with E-state index in [9.17, 15) is 9.59 Å². The first-order valence-electron chi connectivity index (χ1n) is 7.90. The zero-order chi connectivity index (χ0) is 18.4. The third-order valence-electron chi connectivity index (χ3n) is 3.94. The van der Waals surface area contributed by atoms with Crippen LogP contribution in [0, 0.1) is 6.92 Å². The molecule has 0 aliphatic rings. The van der Waals surface area contributed by atoms with Crippen molar-refractivity contribution in [1.82, 2.24) is 10.3 Å². The van der Waals surface area contributed by atoms with Crippen LogP contribution < -0.4 is 5.32 Å². The number of aliphatic carboxylic acids is 1. The number of ether oxygens (including phenoxy) is 1. The number of benzene rings is 1. The van der Waals surface area contributed by atoms with Crippen molar-refractivity contribution in [1.29, 1.82) is 0 Å². The first kappa shape index (κ1) is 18.6. The highest BCUT2D eigenvalue weighted by Gasteiger charge is 2.30. The van der Waals surface area contributed by atoms with E-state index in [1.54, 1.807) is 25.3 Å². The van der Waals surface area contributed by atoms with Crippen LogP contribution in [0.2, 0.25) is 0 Å². The van der Waals surface area contributed by atoms with Crippen LogP contribution in [-0.2, 0) is 9.53 Å². The molecule has 2 N–H and O–H groups in total. The number of methoxy groups -OCH3 is 1. The molecule has 1 heterocycles. The van der Waals surface area contributed by atoms with Gasteiger partial charge >= 0.3 is 5.97 Å². The summed E-state index contributed by atoms with van der Waals surface area (Å²) in [7, 11) is 1.47. The summed E-state index contributed by atoms with van der Waals surface area (Å²) in [6.45, 7) is 3.61. The molecule has 1 aromatic heterocycles. The van der Waals surface area contributed by atoms with E-state index in [1.807, 2.05) is 31.2 Å². The van der Waals surface area contributed by atoms with Gasteiger partial charge in [-0.25, -0.2) is 0 Å². The first-order valence-corrected chi connectivity index (χ1v) is 7.90. The second kappa shape index (κ2) is 7.90. The van der Waals surface area contributed by atoms with Gasteiger partial charge in [-0.3, -0.25) is 14.6 Å². The molecule has 0 fully saturated rings. The molecular weight excluding hydrogens is 320 g/mol. The van der Waals surface area contributed by atoms with Gasteiger partial charge in [-0.05, 0) is 37.6 Å². The van der Waals surface area contributed by atoms with Gasteiger partial charge in [0.2, 0.25) is 0 Å². The number of amides is 1. The molecule has 132 valence electrons. The van der Waals surface area contributed by atoms with Gasteiger partial charge in [0, 0.05) is 24.4 Å². The molecule has 2 aromatic rings. The zero-order valence-electron chi connectivity index (χ0n) is 14.6. The SMILES string of the molecule is COCC(C)(CC(=O)O)NC(=O)c1cccc(-c2ccccn2)c1C. The number of nitrogens with zero attached hydrogens (tertiary/aromatic N) is 1. The van der Waals surface area contributed by atoms with Gasteiger partial charge in [0.1, 0.15) is 0 Å². The van der Waals surface area contributed by atoms with Crippen molar-refractivity contribution in [3.63, 3.8) is 0 Å². The standard InChI is InChI=1S/C19H22N2O4/c1-13-14(16-9-4-5-10-20-16)7-6-8-15(13)18(24)21-19(2,12-25-3)11-17(22)23/h4-10H,11-12H2,1-3H3,(H,21,24)(H,22,23). The van der Waals surface area contributed by atoms with Crippen LogP contribution in [0.1, 0.15) is 29.3 Å². The zero-order valence-corrected chi connectivity index (χ0v) is 14.6. The predicted octanol–water partition coefficient (Wildman–Crippen LogP) is 2.67. The Balaban J connectivity index is 2.32. The molecule has 1 aromatic carbocycles. The van der Waals surface area contributed by atoms with Gasteiger partial charge < -0.3 is 15.2 Å². The molecule has 0 radical (unpaired) electrons. The van der Waals surface area contributed by atoms with Crippen LogP contribution in [-0.4, -0.2) is 41.2 Å². The van der Waals surface area contributed by atoms with Crippen molar-refractivity contribution in [3.05, 3.63) is 53.7 Å². The maximum Gasteiger partial charge on any atom is 0.305 e. The molecule has 1 amide bonds. The fraction of sp³-hybridized carbons (Fsp3) is 0.316. The highest BCUT2D eigenvalue weighted by molar-refractivity contribution is 5.98. The van der Waals surface area contributed by atoms with E-state index in [4.69, 9.17) is 9.84 Å². The lowest BCUT2D eigenvalue weighted by molar-refractivity contribution is -0.139. The Morgan fingerprint density at radius 2 is 2.00 bits per heavy atom. The monoisotopic (exact) mass is 342 g/mol. The Labute approximate surface area is 146 Å². The second-order valence-electron chi connectivity index (χ2n) is 6.21. The van der Waals surface area contributed by atoms with E-state index >= 15 is 0 Å². The number of nitrogens with one attached hydrogen (secondary N) is 1. The van der Waals surface area contributed by atoms with Crippen LogP contribution in [0.5, 0.6) is 0 Å². The van der Waals surface area contributed by atoms with Crippen LogP contribution in [0.25, 0.3) is 11.3 Å². The Kier molecular flexibility index (Phi) is 5.88. The summed E-state index contributed by atoms with van der Waals surface area (Å²) in [6, 6.07) is 11.0. The number of hydrogen-bond donors (Lipinski definition) is 2. The van der Waals surface area contributed by atoms with Gasteiger partial charge in [0.25, 0.3) is 5.91 Å². The van der Waals surface area contributed by atoms with Crippen molar-refractivity contribution >= 4 is 11.9 Å². The van der Waals surface area contributed by atoms with Crippen LogP contribution >= 0.6 is 0 Å². The Morgan fingerprint density at radius 1 is 1.24 bits per heavy atom. The number of pyridine rings is 1. The van der Waals surface area contributed by atoms with Crippen LogP contribution in [0.3, 0.4) is 0 Å². The fourth-order valence-electron chi connectivity index (χ4n) is 2.81. The summed E-state index contributed by atoms with van der Waals surface area (Å²) < 4.78 is 5.08. The molecule has 25 heavy (non-hydrogen) atoms. The van der Waals surface area contributed by atoms with Crippen molar-refractivity contribution in [2.24, 2.45) is 0 Å². The molecule has 1 atom stereocenters. The number of hydrogen-bond acceptors (Lipinski definition) is 4. The third-order valence-corrected chi connectivity index (χ3v) is 3.94. The number of carbonyl (C=O) groups is 2. The van der Waals surface area contributed by atoms with E-state index in [0.717, 1.165) is 16.8 Å². The number of carboxylic acid groups (broad SMARTS) is 1. The van der Waals surface area contributed by atoms with E-state index in [0.29, 0.717) is 5.56 Å². The fourth-order valence-corrected chi connectivity index (χ4v) is 2.81. The van der Waals surface area contributed by atoms with Crippen molar-refractivity contribution in [3.8, 4) is 11.3 Å². The second-order valence-corrected chi connectivity index (χ2v) is 6.21. The minimum absolute atomic E-state index is 0.101. The smallest absolute Gasteiger partial charge is 0.305 e. The summed E-state index contributed by atoms with van der Waals surface area (Å²) in [6.07, 6.45) is 1.47. The Bertz CT molecular complexity index is 761. The topological polar surface area (TPSA) is 88.5 Å². The minimum Gasteiger partial charge on any atom is -0.481 e. The van der Waals surface area contributed by atoms with Gasteiger partial charge in [-0.2, -0.15) is 0 Å². The van der Waals surface area contributed by atoms with Crippen molar-refractivity contribution in [2.75, 3.05) is 13.7 Å². The molecule has 6 heteroatoms. The van der Waals surface area contributed by atoms with Crippen molar-refractivity contribution < 1.29 is 19.4 Å². The van der Waals surface area contributed by atoms with E-state index in [2.05, 4.69) is 10.3 Å². The largest absolute Gasteiger partial charge is 0.481 e. The lowest BCUT2D eigenvalue weighted by Gasteiger charge is -2.29. The van der Waals surface area contributed by atoms with Crippen LogP contribution in [0.4, 0.5) is 0 Å². The highest BCUT2D eigenvalue weighted by Crippen LogP contribution is 2.24. The van der Waals surface area contributed by atoms with Gasteiger partial charge in [-0.1, -0.05) is 18.2 Å². The molecular formula is C19H22N2O4. The average molecular weight is 342 g/mol. The lowest BCUT2D eigenvalue weighted by atomic mass is 9.95. The molecule has 1 unspecified atom stereocenters. The molecule has 6 nitrogen and oxygen atoms in total. The maximum atomic E-state index is 12.7. The molecule has 0 saturated heterocycles. The molecule has 0 aliphatic carbocycles. The summed E-state index contributed by atoms with van der Waals surface area (Å²) in [5, 5.41) is 11.9. The number of aromatic nitrogens is 1. The summed E-state index contributed by atoms with van der Waals surface area (Å²) in [5.74, 6) is -1.34. The normalized spacial score (nSPS) is 13.1. The third kappa shape index (κ3) is 4.64. The van der Waals surface area contributed by atoms with Crippen LogP contribution in [0.15, 0.2) is 42.6 Å². The summed E-state index contributed by atoms with van der Waals surface area (Å²) in [5.41, 5.74) is 1.91. The quantitative estimate of drug-likeness (QED) is 0.807. The average Bonchev–Trinajstić information content (AvgIpc) is 2.55. The van der Waals surface area contributed by atoms with Gasteiger partial charge in [-0.15, -0.1) is 0 Å². The molecule has 0 bridgehead atoms. The number of rotatable bonds is 7. The summed E-state index contributed by atoms with van der Waals surface area (Å²) >= 11 is 0. The Hall–Kier alpha value is -2.73. The molecule has 0 aliphatic heterocycles. The summed E-state index contributed by atoms with van der Waals surface area (Å²) in [4.78, 5) is 28.2. The highest BCUT2D eigenvalue weighted by atomic mass is 16.5.